The lowest BCUT2D eigenvalue weighted by Crippen LogP contribution is -2.45. The zero-order chi connectivity index (χ0) is 15.9. The number of primary amides is 1. The second-order valence-electron chi connectivity index (χ2n) is 5.75. The number of hydrogen-bond acceptors (Lipinski definition) is 5. The van der Waals surface area contributed by atoms with E-state index in [-0.39, 0.29) is 17.5 Å². The third kappa shape index (κ3) is 8.79. The summed E-state index contributed by atoms with van der Waals surface area (Å²) in [7, 11) is 0. The highest BCUT2D eigenvalue weighted by Crippen LogP contribution is 2.15. The van der Waals surface area contributed by atoms with Crippen molar-refractivity contribution in [2.75, 3.05) is 5.75 Å². The highest BCUT2D eigenvalue weighted by Gasteiger charge is 2.27. The van der Waals surface area contributed by atoms with E-state index < -0.39 is 23.6 Å². The molecule has 0 aliphatic heterocycles. The molecule has 0 aromatic rings. The molecule has 3 N–H and O–H groups in total. The number of carbonyl (C=O) groups is 3. The molecule has 0 aliphatic carbocycles. The summed E-state index contributed by atoms with van der Waals surface area (Å²) in [4.78, 5) is 34.3. The normalized spacial score (nSPS) is 12.9. The van der Waals surface area contributed by atoms with Gasteiger partial charge in [-0.2, -0.15) is 0 Å². The lowest BCUT2D eigenvalue weighted by molar-refractivity contribution is -0.117. The molecule has 20 heavy (non-hydrogen) atoms. The van der Waals surface area contributed by atoms with Crippen molar-refractivity contribution < 1.29 is 19.1 Å². The maximum atomic E-state index is 12.0. The Morgan fingerprint density at radius 3 is 2.20 bits per heavy atom. The number of amides is 2. The number of thioether (sulfide) groups is 1. The van der Waals surface area contributed by atoms with E-state index in [2.05, 4.69) is 5.32 Å². The molecule has 2 amide bonds. The van der Waals surface area contributed by atoms with Gasteiger partial charge in [0.1, 0.15) is 11.6 Å². The van der Waals surface area contributed by atoms with Crippen LogP contribution in [0.5, 0.6) is 0 Å². The Kier molecular flexibility index (Phi) is 7.63. The molecule has 0 heterocycles. The molecule has 0 aliphatic rings. The van der Waals surface area contributed by atoms with Gasteiger partial charge >= 0.3 is 6.09 Å². The van der Waals surface area contributed by atoms with Gasteiger partial charge in [0.05, 0.1) is 0 Å². The molecule has 0 saturated carbocycles. The summed E-state index contributed by atoms with van der Waals surface area (Å²) in [6.07, 6.45) is -0.492. The summed E-state index contributed by atoms with van der Waals surface area (Å²) >= 11 is 0.991. The molecule has 0 rings (SSSR count). The van der Waals surface area contributed by atoms with Gasteiger partial charge in [-0.25, -0.2) is 4.79 Å². The van der Waals surface area contributed by atoms with E-state index in [1.54, 1.807) is 20.8 Å². The Labute approximate surface area is 124 Å². The number of ether oxygens (including phenoxy) is 1. The predicted octanol–water partition coefficient (Wildman–Crippen LogP) is 1.67. The Bertz CT molecular complexity index is 364. The quantitative estimate of drug-likeness (QED) is 0.777. The average Bonchev–Trinajstić information content (AvgIpc) is 2.22. The van der Waals surface area contributed by atoms with E-state index in [9.17, 15) is 14.4 Å². The number of carbonyl (C=O) groups excluding carboxylic acids is 3. The molecule has 0 aromatic carbocycles. The Hall–Kier alpha value is -1.24. The van der Waals surface area contributed by atoms with E-state index in [1.807, 2.05) is 13.8 Å². The molecule has 6 nitrogen and oxygen atoms in total. The highest BCUT2D eigenvalue weighted by molar-refractivity contribution is 8.13. The average molecular weight is 304 g/mol. The van der Waals surface area contributed by atoms with Crippen LogP contribution in [0.4, 0.5) is 4.79 Å². The van der Waals surface area contributed by atoms with Crippen LogP contribution in [0.25, 0.3) is 0 Å². The van der Waals surface area contributed by atoms with Crippen LogP contribution in [0.15, 0.2) is 0 Å². The number of hydrogen-bond donors (Lipinski definition) is 2. The van der Waals surface area contributed by atoms with Gasteiger partial charge in [0.25, 0.3) is 0 Å². The van der Waals surface area contributed by atoms with E-state index in [1.165, 1.54) is 0 Å². The first-order valence-electron chi connectivity index (χ1n) is 6.47. The SMILES string of the molecule is CC(C)[C@H](NC(=O)OC(C)(C)C)C(=O)SCCC(N)=O. The predicted molar refractivity (Wildman–Crippen MR) is 79.3 cm³/mol. The van der Waals surface area contributed by atoms with Crippen LogP contribution in [0.3, 0.4) is 0 Å². The second kappa shape index (κ2) is 8.14. The number of nitrogens with one attached hydrogen (secondary N) is 1. The van der Waals surface area contributed by atoms with Crippen LogP contribution < -0.4 is 11.1 Å². The van der Waals surface area contributed by atoms with Crippen molar-refractivity contribution in [2.24, 2.45) is 11.7 Å². The third-order valence-electron chi connectivity index (χ3n) is 2.19. The standard InChI is InChI=1S/C13H24N2O4S/c1-8(2)10(11(17)20-7-6-9(14)16)15-12(18)19-13(3,4)5/h8,10H,6-7H2,1-5H3,(H2,14,16)(H,15,18)/t10-/m0/s1. The monoisotopic (exact) mass is 304 g/mol. The molecule has 0 aromatic heterocycles. The number of nitrogens with two attached hydrogens (primary N) is 1. The van der Waals surface area contributed by atoms with E-state index in [0.29, 0.717) is 5.75 Å². The van der Waals surface area contributed by atoms with E-state index in [0.717, 1.165) is 11.8 Å². The first kappa shape index (κ1) is 18.8. The molecular formula is C13H24N2O4S. The van der Waals surface area contributed by atoms with E-state index >= 15 is 0 Å². The summed E-state index contributed by atoms with van der Waals surface area (Å²) in [5, 5.41) is 2.36. The van der Waals surface area contributed by atoms with Crippen LogP contribution in [-0.4, -0.2) is 34.5 Å². The number of alkyl carbamates (subject to hydrolysis) is 1. The summed E-state index contributed by atoms with van der Waals surface area (Å²) in [5.41, 5.74) is 4.39. The largest absolute Gasteiger partial charge is 0.444 e. The molecule has 0 bridgehead atoms. The molecule has 0 saturated heterocycles. The first-order valence-corrected chi connectivity index (χ1v) is 7.46. The Morgan fingerprint density at radius 1 is 1.25 bits per heavy atom. The highest BCUT2D eigenvalue weighted by atomic mass is 32.2. The van der Waals surface area contributed by atoms with Crippen molar-refractivity contribution in [1.29, 1.82) is 0 Å². The lowest BCUT2D eigenvalue weighted by Gasteiger charge is -2.24. The van der Waals surface area contributed by atoms with Crippen molar-refractivity contribution in [1.82, 2.24) is 5.32 Å². The minimum absolute atomic E-state index is 0.0731. The minimum atomic E-state index is -0.650. The van der Waals surface area contributed by atoms with Crippen LogP contribution in [0, 0.1) is 5.92 Å². The van der Waals surface area contributed by atoms with Gasteiger partial charge in [-0.3, -0.25) is 9.59 Å². The molecule has 116 valence electrons. The molecule has 0 fully saturated rings. The van der Waals surface area contributed by atoms with Gasteiger partial charge < -0.3 is 15.8 Å². The van der Waals surface area contributed by atoms with Crippen molar-refractivity contribution >= 4 is 28.9 Å². The summed E-state index contributed by atoms with van der Waals surface area (Å²) in [6, 6.07) is -0.650. The number of rotatable bonds is 6. The van der Waals surface area contributed by atoms with Crippen molar-refractivity contribution in [2.45, 2.75) is 52.7 Å². The van der Waals surface area contributed by atoms with Gasteiger partial charge in [0, 0.05) is 12.2 Å². The van der Waals surface area contributed by atoms with Crippen molar-refractivity contribution in [3.05, 3.63) is 0 Å². The first-order chi connectivity index (χ1) is 9.03. The Balaban J connectivity index is 4.45. The van der Waals surface area contributed by atoms with Crippen LogP contribution in [0.2, 0.25) is 0 Å². The topological polar surface area (TPSA) is 98.5 Å². The van der Waals surface area contributed by atoms with Crippen molar-refractivity contribution in [3.8, 4) is 0 Å². The van der Waals surface area contributed by atoms with Crippen molar-refractivity contribution in [3.63, 3.8) is 0 Å². The molecule has 0 unspecified atom stereocenters. The van der Waals surface area contributed by atoms with Gasteiger partial charge in [0.15, 0.2) is 0 Å². The minimum Gasteiger partial charge on any atom is -0.444 e. The lowest BCUT2D eigenvalue weighted by atomic mass is 10.1. The van der Waals surface area contributed by atoms with Crippen LogP contribution >= 0.6 is 11.8 Å². The van der Waals surface area contributed by atoms with E-state index in [4.69, 9.17) is 10.5 Å². The van der Waals surface area contributed by atoms with Gasteiger partial charge in [-0.05, 0) is 26.7 Å². The fourth-order valence-corrected chi connectivity index (χ4v) is 2.29. The van der Waals surface area contributed by atoms with Gasteiger partial charge in [-0.1, -0.05) is 25.6 Å². The summed E-state index contributed by atoms with van der Waals surface area (Å²) in [5.74, 6) is -0.212. The molecule has 0 spiro atoms. The smallest absolute Gasteiger partial charge is 0.408 e. The maximum absolute atomic E-state index is 12.0. The zero-order valence-corrected chi connectivity index (χ0v) is 13.5. The molecule has 1 atom stereocenters. The molecule has 7 heteroatoms. The van der Waals surface area contributed by atoms with Gasteiger partial charge in [0.2, 0.25) is 11.0 Å². The van der Waals surface area contributed by atoms with Crippen LogP contribution in [-0.2, 0) is 14.3 Å². The summed E-state index contributed by atoms with van der Waals surface area (Å²) < 4.78 is 5.13. The Morgan fingerprint density at radius 2 is 1.80 bits per heavy atom. The fraction of sp³-hybridized carbons (Fsp3) is 0.769. The third-order valence-corrected chi connectivity index (χ3v) is 3.13. The fourth-order valence-electron chi connectivity index (χ4n) is 1.27. The zero-order valence-electron chi connectivity index (χ0n) is 12.7. The molecular weight excluding hydrogens is 280 g/mol. The molecule has 0 radical (unpaired) electrons. The maximum Gasteiger partial charge on any atom is 0.408 e. The van der Waals surface area contributed by atoms with Gasteiger partial charge in [-0.15, -0.1) is 0 Å². The second-order valence-corrected chi connectivity index (χ2v) is 6.85. The summed E-state index contributed by atoms with van der Waals surface area (Å²) in [6.45, 7) is 8.91. The van der Waals surface area contributed by atoms with Crippen LogP contribution in [0.1, 0.15) is 41.0 Å².